The second-order valence-electron chi connectivity index (χ2n) is 7.07. The summed E-state index contributed by atoms with van der Waals surface area (Å²) in [4.78, 5) is 27.4. The minimum absolute atomic E-state index is 0.0559. The predicted molar refractivity (Wildman–Crippen MR) is 113 cm³/mol. The normalized spacial score (nSPS) is 12.8. The summed E-state index contributed by atoms with van der Waals surface area (Å²) in [7, 11) is 0. The number of amides is 2. The molecule has 2 amide bonds. The average Bonchev–Trinajstić information content (AvgIpc) is 3.31. The first-order valence-corrected chi connectivity index (χ1v) is 10.6. The van der Waals surface area contributed by atoms with Crippen LogP contribution in [0.4, 0.5) is 5.69 Å². The van der Waals surface area contributed by atoms with Crippen LogP contribution in [0, 0.1) is 0 Å². The van der Waals surface area contributed by atoms with Gasteiger partial charge in [0, 0.05) is 17.6 Å². The lowest BCUT2D eigenvalue weighted by molar-refractivity contribution is -0.119. The van der Waals surface area contributed by atoms with E-state index >= 15 is 0 Å². The van der Waals surface area contributed by atoms with Crippen molar-refractivity contribution in [3.05, 3.63) is 76.3 Å². The van der Waals surface area contributed by atoms with Gasteiger partial charge in [-0.15, -0.1) is 5.10 Å². The zero-order valence-corrected chi connectivity index (χ0v) is 16.8. The van der Waals surface area contributed by atoms with Crippen molar-refractivity contribution in [2.45, 2.75) is 32.2 Å². The van der Waals surface area contributed by atoms with Crippen LogP contribution >= 0.6 is 11.5 Å². The number of nitrogens with zero attached hydrogens (tertiary/aromatic N) is 3. The number of rotatable bonds is 6. The number of hydrogen-bond acceptors (Lipinski definition) is 5. The maximum absolute atomic E-state index is 13.2. The van der Waals surface area contributed by atoms with Crippen LogP contribution in [0.3, 0.4) is 0 Å². The lowest BCUT2D eigenvalue weighted by Crippen LogP contribution is -2.41. The Bertz CT molecular complexity index is 989. The molecule has 0 fully saturated rings. The summed E-state index contributed by atoms with van der Waals surface area (Å²) in [6.07, 6.45) is 4.16. The van der Waals surface area contributed by atoms with E-state index in [0.29, 0.717) is 6.54 Å². The molecule has 7 heteroatoms. The van der Waals surface area contributed by atoms with Crippen LogP contribution in [0.15, 0.2) is 53.9 Å². The quantitative estimate of drug-likeness (QED) is 0.681. The fourth-order valence-corrected chi connectivity index (χ4v) is 4.10. The molecule has 2 aromatic carbocycles. The Morgan fingerprint density at radius 1 is 1.03 bits per heavy atom. The highest BCUT2D eigenvalue weighted by Crippen LogP contribution is 2.31. The third-order valence-electron chi connectivity index (χ3n) is 5.12. The van der Waals surface area contributed by atoms with E-state index < -0.39 is 0 Å². The molecular weight excluding hydrogens is 384 g/mol. The molecule has 3 aromatic rings. The Kier molecular flexibility index (Phi) is 5.95. The van der Waals surface area contributed by atoms with E-state index in [2.05, 4.69) is 21.0 Å². The molecule has 0 atom stereocenters. The predicted octanol–water partition coefficient (Wildman–Crippen LogP) is 3.38. The summed E-state index contributed by atoms with van der Waals surface area (Å²) in [6.45, 7) is 0.368. The largest absolute Gasteiger partial charge is 0.350 e. The van der Waals surface area contributed by atoms with Crippen molar-refractivity contribution in [3.8, 4) is 0 Å². The molecule has 1 aromatic heterocycles. The second kappa shape index (κ2) is 8.96. The van der Waals surface area contributed by atoms with Gasteiger partial charge in [0.1, 0.15) is 6.54 Å². The molecule has 1 N–H and O–H groups in total. The smallest absolute Gasteiger partial charge is 0.280 e. The van der Waals surface area contributed by atoms with Gasteiger partial charge in [-0.2, -0.15) is 0 Å². The van der Waals surface area contributed by atoms with Gasteiger partial charge in [0.2, 0.25) is 5.91 Å². The Labute approximate surface area is 173 Å². The summed E-state index contributed by atoms with van der Waals surface area (Å²) in [5.74, 6) is -0.508. The van der Waals surface area contributed by atoms with Gasteiger partial charge in [-0.25, -0.2) is 0 Å². The van der Waals surface area contributed by atoms with Crippen molar-refractivity contribution in [2.75, 3.05) is 11.4 Å². The van der Waals surface area contributed by atoms with Gasteiger partial charge in [0.15, 0.2) is 5.69 Å². The lowest BCUT2D eigenvalue weighted by Gasteiger charge is -2.27. The molecule has 0 radical (unpaired) electrons. The van der Waals surface area contributed by atoms with Gasteiger partial charge >= 0.3 is 0 Å². The van der Waals surface area contributed by atoms with E-state index in [1.807, 2.05) is 42.5 Å². The van der Waals surface area contributed by atoms with E-state index in [1.54, 1.807) is 10.3 Å². The van der Waals surface area contributed by atoms with Crippen molar-refractivity contribution in [1.82, 2.24) is 14.9 Å². The number of carbonyl (C=O) groups is 2. The highest BCUT2D eigenvalue weighted by molar-refractivity contribution is 7.03. The van der Waals surface area contributed by atoms with Gasteiger partial charge in [0.25, 0.3) is 5.91 Å². The van der Waals surface area contributed by atoms with E-state index in [0.717, 1.165) is 54.0 Å². The highest BCUT2D eigenvalue weighted by Gasteiger charge is 2.26. The fraction of sp³-hybridized carbons (Fsp3) is 0.273. The van der Waals surface area contributed by atoms with E-state index in [4.69, 9.17) is 0 Å². The first kappa shape index (κ1) is 19.3. The Balaban J connectivity index is 1.58. The van der Waals surface area contributed by atoms with Crippen LogP contribution in [0.2, 0.25) is 0 Å². The fourth-order valence-electron chi connectivity index (χ4n) is 3.67. The van der Waals surface area contributed by atoms with E-state index in [-0.39, 0.29) is 24.1 Å². The molecule has 1 aliphatic carbocycles. The molecule has 6 nitrogen and oxygen atoms in total. The zero-order chi connectivity index (χ0) is 20.1. The molecule has 1 aliphatic rings. The number of benzene rings is 2. The second-order valence-corrected chi connectivity index (χ2v) is 7.68. The molecule has 0 unspecified atom stereocenters. The molecule has 0 bridgehead atoms. The summed E-state index contributed by atoms with van der Waals surface area (Å²) < 4.78 is 3.81. The third kappa shape index (κ3) is 4.51. The highest BCUT2D eigenvalue weighted by atomic mass is 32.1. The van der Waals surface area contributed by atoms with Crippen LogP contribution in [0.5, 0.6) is 0 Å². The Hall–Kier alpha value is -3.06. The van der Waals surface area contributed by atoms with Crippen LogP contribution in [0.25, 0.3) is 0 Å². The lowest BCUT2D eigenvalue weighted by atomic mass is 9.90. The minimum atomic E-state index is -0.299. The van der Waals surface area contributed by atoms with Crippen LogP contribution in [0.1, 0.15) is 40.0 Å². The molecule has 148 valence electrons. The average molecular weight is 407 g/mol. The number of carbonyl (C=O) groups excluding carboxylic acids is 2. The first-order chi connectivity index (χ1) is 14.2. The summed E-state index contributed by atoms with van der Waals surface area (Å²) in [5.41, 5.74) is 4.49. The molecule has 29 heavy (non-hydrogen) atoms. The monoisotopic (exact) mass is 406 g/mol. The number of nitrogens with one attached hydrogen (secondary N) is 1. The van der Waals surface area contributed by atoms with Crippen LogP contribution in [-0.2, 0) is 24.2 Å². The molecule has 0 saturated carbocycles. The topological polar surface area (TPSA) is 75.2 Å². The van der Waals surface area contributed by atoms with Gasteiger partial charge in [-0.3, -0.25) is 14.5 Å². The summed E-state index contributed by atoms with van der Waals surface area (Å²) in [6, 6.07) is 15.7. The molecule has 0 aliphatic heterocycles. The van der Waals surface area contributed by atoms with Gasteiger partial charge in [-0.1, -0.05) is 47.0 Å². The number of anilines is 1. The van der Waals surface area contributed by atoms with Gasteiger partial charge in [-0.05, 0) is 60.0 Å². The van der Waals surface area contributed by atoms with Crippen molar-refractivity contribution < 1.29 is 9.59 Å². The SMILES string of the molecule is O=C(CN(C(=O)c1csnn1)c1cccc2c1CCCC2)NCc1ccccc1. The van der Waals surface area contributed by atoms with E-state index in [9.17, 15) is 9.59 Å². The van der Waals surface area contributed by atoms with E-state index in [1.165, 1.54) is 5.56 Å². The number of hydrogen-bond donors (Lipinski definition) is 1. The van der Waals surface area contributed by atoms with Crippen molar-refractivity contribution in [1.29, 1.82) is 0 Å². The summed E-state index contributed by atoms with van der Waals surface area (Å²) in [5, 5.41) is 8.45. The zero-order valence-electron chi connectivity index (χ0n) is 16.0. The molecular formula is C22H22N4O2S. The number of aryl methyl sites for hydroxylation is 1. The standard InChI is InChI=1S/C22H22N4O2S/c27-21(23-13-16-7-2-1-3-8-16)14-26(22(28)19-15-29-25-24-19)20-12-6-10-17-9-4-5-11-18(17)20/h1-3,6-8,10,12,15H,4-5,9,11,13-14H2,(H,23,27). The minimum Gasteiger partial charge on any atom is -0.350 e. The Morgan fingerprint density at radius 3 is 2.66 bits per heavy atom. The van der Waals surface area contributed by atoms with Gasteiger partial charge in [0.05, 0.1) is 0 Å². The van der Waals surface area contributed by atoms with Gasteiger partial charge < -0.3 is 5.32 Å². The van der Waals surface area contributed by atoms with Crippen LogP contribution < -0.4 is 10.2 Å². The maximum atomic E-state index is 13.2. The first-order valence-electron chi connectivity index (χ1n) is 9.72. The van der Waals surface area contributed by atoms with Crippen LogP contribution in [-0.4, -0.2) is 27.9 Å². The molecule has 4 rings (SSSR count). The van der Waals surface area contributed by atoms with Crippen molar-refractivity contribution >= 4 is 29.0 Å². The summed E-state index contributed by atoms with van der Waals surface area (Å²) >= 11 is 1.13. The Morgan fingerprint density at radius 2 is 1.86 bits per heavy atom. The number of aromatic nitrogens is 2. The third-order valence-corrected chi connectivity index (χ3v) is 5.63. The molecule has 0 saturated heterocycles. The van der Waals surface area contributed by atoms with Crippen molar-refractivity contribution in [3.63, 3.8) is 0 Å². The van der Waals surface area contributed by atoms with Crippen molar-refractivity contribution in [2.24, 2.45) is 0 Å². The number of fused-ring (bicyclic) bond motifs is 1. The molecule has 1 heterocycles. The maximum Gasteiger partial charge on any atom is 0.280 e. The molecule has 0 spiro atoms.